The molecule has 0 radical (unpaired) electrons. The van der Waals surface area contributed by atoms with Crippen LogP contribution in [0.1, 0.15) is 19.4 Å². The number of carbonyl (C=O) groups excluding carboxylic acids is 1. The van der Waals surface area contributed by atoms with Gasteiger partial charge in [0.05, 0.1) is 17.8 Å². The van der Waals surface area contributed by atoms with Crippen molar-refractivity contribution in [1.29, 1.82) is 0 Å². The van der Waals surface area contributed by atoms with Gasteiger partial charge in [0.15, 0.2) is 17.6 Å². The lowest BCUT2D eigenvalue weighted by Crippen LogP contribution is -2.34. The summed E-state index contributed by atoms with van der Waals surface area (Å²) >= 11 is 11.9. The molecule has 0 fully saturated rings. The Balaban J connectivity index is 2.03. The average Bonchev–Trinajstić information content (AvgIpc) is 2.62. The maximum Gasteiger partial charge on any atom is 0.280 e. The van der Waals surface area contributed by atoms with Crippen LogP contribution in [-0.2, 0) is 4.79 Å². The number of hydrogen-bond acceptors (Lipinski definition) is 5. The van der Waals surface area contributed by atoms with Crippen molar-refractivity contribution in [2.24, 2.45) is 5.10 Å². The van der Waals surface area contributed by atoms with Gasteiger partial charge in [0.1, 0.15) is 5.75 Å². The second-order valence-corrected chi connectivity index (χ2v) is 6.24. The van der Waals surface area contributed by atoms with Gasteiger partial charge in [0, 0.05) is 10.6 Å². The lowest BCUT2D eigenvalue weighted by molar-refractivity contribution is -0.127. The average molecular weight is 397 g/mol. The number of phenols is 1. The first-order valence-electron chi connectivity index (χ1n) is 7.65. The van der Waals surface area contributed by atoms with Crippen molar-refractivity contribution in [3.63, 3.8) is 0 Å². The van der Waals surface area contributed by atoms with Crippen LogP contribution in [0.5, 0.6) is 17.2 Å². The van der Waals surface area contributed by atoms with Crippen molar-refractivity contribution in [2.75, 3.05) is 7.11 Å². The topological polar surface area (TPSA) is 80.2 Å². The number of hydrogen-bond donors (Lipinski definition) is 2. The van der Waals surface area contributed by atoms with Crippen molar-refractivity contribution in [1.82, 2.24) is 5.43 Å². The SMILES string of the molecule is COc1cc(/C(C)=N/NC(=O)C(C)Oc2ccc(Cl)cc2Cl)ccc1O. The Kier molecular flexibility index (Phi) is 6.71. The zero-order chi connectivity index (χ0) is 19.3. The molecule has 1 unspecified atom stereocenters. The predicted molar refractivity (Wildman–Crippen MR) is 102 cm³/mol. The summed E-state index contributed by atoms with van der Waals surface area (Å²) in [5, 5.41) is 14.5. The Morgan fingerprint density at radius 1 is 1.19 bits per heavy atom. The number of halogens is 2. The highest BCUT2D eigenvalue weighted by atomic mass is 35.5. The second-order valence-electron chi connectivity index (χ2n) is 5.39. The van der Waals surface area contributed by atoms with Gasteiger partial charge >= 0.3 is 0 Å². The van der Waals surface area contributed by atoms with Gasteiger partial charge in [-0.3, -0.25) is 4.79 Å². The summed E-state index contributed by atoms with van der Waals surface area (Å²) in [6.45, 7) is 3.29. The Hall–Kier alpha value is -2.44. The van der Waals surface area contributed by atoms with E-state index in [1.165, 1.54) is 19.2 Å². The van der Waals surface area contributed by atoms with Gasteiger partial charge in [0.25, 0.3) is 5.91 Å². The summed E-state index contributed by atoms with van der Waals surface area (Å²) in [5.74, 6) is 0.246. The number of phenolic OH excluding ortho intramolecular Hbond substituents is 1. The molecule has 2 N–H and O–H groups in total. The summed E-state index contributed by atoms with van der Waals surface area (Å²) in [4.78, 5) is 12.2. The molecule has 0 aliphatic heterocycles. The molecule has 0 aliphatic rings. The molecule has 0 saturated heterocycles. The van der Waals surface area contributed by atoms with Crippen LogP contribution in [0.25, 0.3) is 0 Å². The Morgan fingerprint density at radius 3 is 2.58 bits per heavy atom. The van der Waals surface area contributed by atoms with Crippen molar-refractivity contribution in [3.05, 3.63) is 52.0 Å². The first kappa shape index (κ1) is 19.9. The van der Waals surface area contributed by atoms with E-state index in [4.69, 9.17) is 32.7 Å². The van der Waals surface area contributed by atoms with Gasteiger partial charge in [0.2, 0.25) is 0 Å². The molecule has 138 valence electrons. The van der Waals surface area contributed by atoms with Crippen LogP contribution in [0, 0.1) is 0 Å². The lowest BCUT2D eigenvalue weighted by Gasteiger charge is -2.14. The highest BCUT2D eigenvalue weighted by Gasteiger charge is 2.16. The number of hydrazone groups is 1. The molecule has 2 rings (SSSR count). The van der Waals surface area contributed by atoms with E-state index in [1.54, 1.807) is 38.1 Å². The van der Waals surface area contributed by atoms with Gasteiger partial charge in [-0.05, 0) is 50.2 Å². The molecule has 0 saturated carbocycles. The number of aromatic hydroxyl groups is 1. The molecular formula is C18H18Cl2N2O4. The van der Waals surface area contributed by atoms with Gasteiger partial charge in [-0.25, -0.2) is 5.43 Å². The molecule has 0 heterocycles. The van der Waals surface area contributed by atoms with Crippen LogP contribution in [-0.4, -0.2) is 29.9 Å². The third-order valence-electron chi connectivity index (χ3n) is 3.50. The second kappa shape index (κ2) is 8.78. The predicted octanol–water partition coefficient (Wildman–Crippen LogP) is 4.02. The van der Waals surface area contributed by atoms with Crippen molar-refractivity contribution >= 4 is 34.8 Å². The fraction of sp³-hybridized carbons (Fsp3) is 0.222. The number of amides is 1. The van der Waals surface area contributed by atoms with Crippen LogP contribution in [0.3, 0.4) is 0 Å². The number of carbonyl (C=O) groups is 1. The van der Waals surface area contributed by atoms with Crippen LogP contribution < -0.4 is 14.9 Å². The summed E-state index contributed by atoms with van der Waals surface area (Å²) in [6, 6.07) is 9.51. The van der Waals surface area contributed by atoms with Gasteiger partial charge in [-0.15, -0.1) is 0 Å². The first-order valence-corrected chi connectivity index (χ1v) is 8.40. The van der Waals surface area contributed by atoms with Crippen molar-refractivity contribution < 1.29 is 19.4 Å². The van der Waals surface area contributed by atoms with E-state index in [0.717, 1.165) is 0 Å². The van der Waals surface area contributed by atoms with Crippen LogP contribution >= 0.6 is 23.2 Å². The zero-order valence-corrected chi connectivity index (χ0v) is 15.9. The van der Waals surface area contributed by atoms with E-state index in [0.29, 0.717) is 32.8 Å². The number of methoxy groups -OCH3 is 1. The third-order valence-corrected chi connectivity index (χ3v) is 4.03. The maximum absolute atomic E-state index is 12.2. The van der Waals surface area contributed by atoms with E-state index in [2.05, 4.69) is 10.5 Å². The fourth-order valence-electron chi connectivity index (χ4n) is 2.01. The van der Waals surface area contributed by atoms with E-state index in [1.807, 2.05) is 0 Å². The number of nitrogens with one attached hydrogen (secondary N) is 1. The molecule has 0 bridgehead atoms. The van der Waals surface area contributed by atoms with Crippen LogP contribution in [0.15, 0.2) is 41.5 Å². The quantitative estimate of drug-likeness (QED) is 0.570. The summed E-state index contributed by atoms with van der Waals surface area (Å²) in [6.07, 6.45) is -0.820. The molecule has 1 atom stereocenters. The minimum absolute atomic E-state index is 0.0231. The molecule has 1 amide bonds. The summed E-state index contributed by atoms with van der Waals surface area (Å²) in [7, 11) is 1.45. The van der Waals surface area contributed by atoms with Gasteiger partial charge in [-0.2, -0.15) is 5.10 Å². The lowest BCUT2D eigenvalue weighted by atomic mass is 10.1. The molecule has 0 aliphatic carbocycles. The molecule has 0 spiro atoms. The Bertz CT molecular complexity index is 840. The minimum atomic E-state index is -0.820. The van der Waals surface area contributed by atoms with Crippen LogP contribution in [0.2, 0.25) is 10.0 Å². The highest BCUT2D eigenvalue weighted by molar-refractivity contribution is 6.35. The highest BCUT2D eigenvalue weighted by Crippen LogP contribution is 2.28. The van der Waals surface area contributed by atoms with E-state index in [-0.39, 0.29) is 5.75 Å². The molecule has 0 aromatic heterocycles. The summed E-state index contributed by atoms with van der Waals surface area (Å²) < 4.78 is 10.6. The number of ether oxygens (including phenoxy) is 2. The maximum atomic E-state index is 12.2. The molecule has 26 heavy (non-hydrogen) atoms. The Labute approximate surface area is 161 Å². The Morgan fingerprint density at radius 2 is 1.92 bits per heavy atom. The van der Waals surface area contributed by atoms with E-state index >= 15 is 0 Å². The monoisotopic (exact) mass is 396 g/mol. The van der Waals surface area contributed by atoms with Gasteiger partial charge < -0.3 is 14.6 Å². The van der Waals surface area contributed by atoms with Crippen molar-refractivity contribution in [2.45, 2.75) is 20.0 Å². The summed E-state index contributed by atoms with van der Waals surface area (Å²) in [5.41, 5.74) is 3.66. The molecule has 6 nitrogen and oxygen atoms in total. The van der Waals surface area contributed by atoms with E-state index in [9.17, 15) is 9.90 Å². The van der Waals surface area contributed by atoms with Crippen LogP contribution in [0.4, 0.5) is 0 Å². The molecule has 2 aromatic carbocycles. The third kappa shape index (κ3) is 5.03. The smallest absolute Gasteiger partial charge is 0.280 e. The molecular weight excluding hydrogens is 379 g/mol. The fourth-order valence-corrected chi connectivity index (χ4v) is 2.46. The molecule has 8 heteroatoms. The zero-order valence-electron chi connectivity index (χ0n) is 14.4. The van der Waals surface area contributed by atoms with Gasteiger partial charge in [-0.1, -0.05) is 23.2 Å². The number of rotatable bonds is 6. The molecule has 2 aromatic rings. The normalized spacial score (nSPS) is 12.4. The number of benzene rings is 2. The minimum Gasteiger partial charge on any atom is -0.504 e. The largest absolute Gasteiger partial charge is 0.504 e. The van der Waals surface area contributed by atoms with E-state index < -0.39 is 12.0 Å². The van der Waals surface area contributed by atoms with Crippen molar-refractivity contribution in [3.8, 4) is 17.2 Å². The standard InChI is InChI=1S/C18H18Cl2N2O4/c1-10(12-4-6-15(23)17(8-12)25-3)21-22-18(24)11(2)26-16-7-5-13(19)9-14(16)20/h4-9,11,23H,1-3H3,(H,22,24)/b21-10+. The number of nitrogens with zero attached hydrogens (tertiary/aromatic N) is 1. The first-order chi connectivity index (χ1) is 12.3.